The molecular weight excluding hydrogens is 212 g/mol. The molecule has 88 valence electrons. The van der Waals surface area contributed by atoms with Crippen molar-refractivity contribution in [1.29, 1.82) is 0 Å². The van der Waals surface area contributed by atoms with E-state index in [2.05, 4.69) is 6.58 Å². The van der Waals surface area contributed by atoms with Gasteiger partial charge in [-0.3, -0.25) is 4.79 Å². The van der Waals surface area contributed by atoms with E-state index in [1.165, 1.54) is 14.2 Å². The smallest absolute Gasteiger partial charge is 0.234 e. The highest BCUT2D eigenvalue weighted by atomic mass is 28.1. The number of rotatable bonds is 7. The summed E-state index contributed by atoms with van der Waals surface area (Å²) in [4.78, 5) is 11.9. The van der Waals surface area contributed by atoms with E-state index in [1.54, 1.807) is 14.0 Å². The molecule has 0 aliphatic rings. The summed E-state index contributed by atoms with van der Waals surface area (Å²) in [6, 6.07) is 0. The number of carbonyl (C=O) groups excluding carboxylic acids is 1. The maximum absolute atomic E-state index is 11.9. The van der Waals surface area contributed by atoms with Gasteiger partial charge in [0.15, 0.2) is 0 Å². The first-order chi connectivity index (χ1) is 6.93. The van der Waals surface area contributed by atoms with E-state index in [9.17, 15) is 4.79 Å². The normalized spacial score (nSPS) is 13.9. The molecule has 4 nitrogen and oxygen atoms in total. The van der Waals surface area contributed by atoms with Gasteiger partial charge in [-0.25, -0.2) is 0 Å². The largest absolute Gasteiger partial charge is 0.386 e. The molecule has 0 aliphatic carbocycles. The summed E-state index contributed by atoms with van der Waals surface area (Å²) >= 11 is 0. The first-order valence-corrected chi connectivity index (χ1v) is 5.92. The zero-order valence-electron chi connectivity index (χ0n) is 10.1. The third-order valence-corrected chi connectivity index (χ3v) is 3.23. The molecule has 0 aromatic rings. The van der Waals surface area contributed by atoms with Crippen LogP contribution in [-0.2, 0) is 19.0 Å². The summed E-state index contributed by atoms with van der Waals surface area (Å²) < 4.78 is 15.5. The highest BCUT2D eigenvalue weighted by molar-refractivity contribution is 6.11. The molecule has 0 spiro atoms. The number of methoxy groups -OCH3 is 3. The molecule has 1 unspecified atom stereocenters. The van der Waals surface area contributed by atoms with E-state index in [4.69, 9.17) is 14.2 Å². The van der Waals surface area contributed by atoms with Crippen molar-refractivity contribution >= 4 is 16.0 Å². The van der Waals surface area contributed by atoms with Crippen molar-refractivity contribution < 1.29 is 19.0 Å². The Morgan fingerprint density at radius 3 is 2.13 bits per heavy atom. The summed E-state index contributed by atoms with van der Waals surface area (Å²) in [5.41, 5.74) is 0.428. The molecule has 0 saturated heterocycles. The van der Waals surface area contributed by atoms with E-state index < -0.39 is 5.79 Å². The van der Waals surface area contributed by atoms with E-state index >= 15 is 0 Å². The van der Waals surface area contributed by atoms with Gasteiger partial charge in [0.05, 0.1) is 0 Å². The minimum Gasteiger partial charge on any atom is -0.386 e. The minimum atomic E-state index is -1.24. The second kappa shape index (κ2) is 6.17. The molecule has 0 aliphatic heterocycles. The minimum absolute atomic E-state index is 0.00759. The Morgan fingerprint density at radius 1 is 1.40 bits per heavy atom. The molecule has 15 heavy (non-hydrogen) atoms. The Bertz CT molecular complexity index is 236. The van der Waals surface area contributed by atoms with Crippen molar-refractivity contribution in [2.75, 3.05) is 21.3 Å². The molecule has 0 fully saturated rings. The number of Topliss-reactive ketones (excluding diaryl/α,β-unsaturated/α-hetero) is 1. The van der Waals surface area contributed by atoms with Crippen LogP contribution in [0.3, 0.4) is 0 Å². The maximum Gasteiger partial charge on any atom is 0.234 e. The van der Waals surface area contributed by atoms with Gasteiger partial charge in [0.1, 0.15) is 0 Å². The predicted octanol–water partition coefficient (Wildman–Crippen LogP) is -0.151. The Labute approximate surface area is 94.0 Å². The summed E-state index contributed by atoms with van der Waals surface area (Å²) in [5.74, 6) is -1.47. The van der Waals surface area contributed by atoms with Gasteiger partial charge in [0.25, 0.3) is 0 Å². The van der Waals surface area contributed by atoms with Crippen molar-refractivity contribution in [1.82, 2.24) is 0 Å². The van der Waals surface area contributed by atoms with E-state index in [0.717, 1.165) is 10.2 Å². The molecule has 0 aromatic carbocycles. The van der Waals surface area contributed by atoms with Gasteiger partial charge in [-0.1, -0.05) is 6.58 Å². The fourth-order valence-corrected chi connectivity index (χ4v) is 1.85. The zero-order valence-corrected chi connectivity index (χ0v) is 12.1. The van der Waals surface area contributed by atoms with Crippen LogP contribution in [0.25, 0.3) is 0 Å². The molecule has 0 heterocycles. The average molecular weight is 232 g/mol. The fourth-order valence-electron chi connectivity index (χ4n) is 1.31. The number of hydrogen-bond acceptors (Lipinski definition) is 4. The van der Waals surface area contributed by atoms with Crippen molar-refractivity contribution in [2.24, 2.45) is 0 Å². The Balaban J connectivity index is 4.87. The van der Waals surface area contributed by atoms with Gasteiger partial charge >= 0.3 is 0 Å². The van der Waals surface area contributed by atoms with E-state index in [1.807, 2.05) is 0 Å². The molecule has 0 amide bonds. The SMILES string of the molecule is C=C(C)C(=O)C(CC([SiH3])OC)(OC)OC. The third kappa shape index (κ3) is 3.53. The molecule has 0 aromatic heterocycles. The summed E-state index contributed by atoms with van der Waals surface area (Å²) in [6.45, 7) is 5.25. The second-order valence-corrected chi connectivity index (χ2v) is 4.81. The quantitative estimate of drug-likeness (QED) is 0.348. The Morgan fingerprint density at radius 2 is 1.87 bits per heavy atom. The van der Waals surface area contributed by atoms with Crippen LogP contribution in [0.2, 0.25) is 0 Å². The van der Waals surface area contributed by atoms with Crippen LogP contribution in [0.15, 0.2) is 12.2 Å². The second-order valence-electron chi connectivity index (χ2n) is 3.52. The third-order valence-electron chi connectivity index (χ3n) is 2.35. The van der Waals surface area contributed by atoms with E-state index in [0.29, 0.717) is 12.0 Å². The highest BCUT2D eigenvalue weighted by Gasteiger charge is 2.40. The zero-order chi connectivity index (χ0) is 12.1. The highest BCUT2D eigenvalue weighted by Crippen LogP contribution is 2.23. The van der Waals surface area contributed by atoms with Crippen LogP contribution in [0, 0.1) is 0 Å². The summed E-state index contributed by atoms with van der Waals surface area (Å²) in [7, 11) is 5.32. The standard InChI is InChI=1S/C10H20O4Si/c1-7(2)9(11)10(13-4,14-5)6-8(15)12-3/h8H,1,6H2,2-5,15H3. The van der Waals surface area contributed by atoms with E-state index in [-0.39, 0.29) is 11.5 Å². The van der Waals surface area contributed by atoms with Crippen LogP contribution >= 0.6 is 0 Å². The lowest BCUT2D eigenvalue weighted by Gasteiger charge is -2.31. The van der Waals surface area contributed by atoms with Gasteiger partial charge in [-0.2, -0.15) is 0 Å². The molecule has 5 heteroatoms. The lowest BCUT2D eigenvalue weighted by atomic mass is 10.0. The van der Waals surface area contributed by atoms with Gasteiger partial charge in [0, 0.05) is 43.7 Å². The first kappa shape index (κ1) is 14.5. The number of hydrogen-bond donors (Lipinski definition) is 0. The van der Waals surface area contributed by atoms with Gasteiger partial charge < -0.3 is 14.2 Å². The number of ketones is 1. The fraction of sp³-hybridized carbons (Fsp3) is 0.700. The summed E-state index contributed by atoms with van der Waals surface area (Å²) in [5, 5.41) is 0. The van der Waals surface area contributed by atoms with Gasteiger partial charge in [-0.05, 0) is 12.5 Å². The lowest BCUT2D eigenvalue weighted by Crippen LogP contribution is -2.46. The van der Waals surface area contributed by atoms with Gasteiger partial charge in [-0.15, -0.1) is 0 Å². The first-order valence-electron chi connectivity index (χ1n) is 4.77. The van der Waals surface area contributed by atoms with Crippen molar-refractivity contribution in [3.05, 3.63) is 12.2 Å². The Kier molecular flexibility index (Phi) is 5.97. The van der Waals surface area contributed by atoms with Crippen molar-refractivity contribution in [2.45, 2.75) is 24.9 Å². The Hall–Kier alpha value is -0.493. The van der Waals surface area contributed by atoms with Crippen LogP contribution in [-0.4, -0.2) is 48.9 Å². The maximum atomic E-state index is 11.9. The molecule has 0 rings (SSSR count). The average Bonchev–Trinajstić information content (AvgIpc) is 2.24. The molecule has 0 N–H and O–H groups in total. The van der Waals surface area contributed by atoms with Crippen LogP contribution in [0.5, 0.6) is 0 Å². The molecule has 0 bridgehead atoms. The van der Waals surface area contributed by atoms with Gasteiger partial charge in [0.2, 0.25) is 11.6 Å². The lowest BCUT2D eigenvalue weighted by molar-refractivity contribution is -0.212. The predicted molar refractivity (Wildman–Crippen MR) is 61.9 cm³/mol. The van der Waals surface area contributed by atoms with Crippen molar-refractivity contribution in [3.63, 3.8) is 0 Å². The van der Waals surface area contributed by atoms with Crippen molar-refractivity contribution in [3.8, 4) is 0 Å². The summed E-state index contributed by atoms with van der Waals surface area (Å²) in [6.07, 6.45) is 0.397. The monoisotopic (exact) mass is 232 g/mol. The number of carbonyl (C=O) groups is 1. The van der Waals surface area contributed by atoms with Crippen LogP contribution in [0.4, 0.5) is 0 Å². The molecule has 0 saturated carbocycles. The van der Waals surface area contributed by atoms with Crippen LogP contribution < -0.4 is 0 Å². The molecular formula is C10H20O4Si. The molecule has 1 atom stereocenters. The molecule has 0 radical (unpaired) electrons. The topological polar surface area (TPSA) is 44.8 Å². The van der Waals surface area contributed by atoms with Crippen LogP contribution in [0.1, 0.15) is 13.3 Å². The number of ether oxygens (including phenoxy) is 3.